The first-order valence-corrected chi connectivity index (χ1v) is 6.48. The highest BCUT2D eigenvalue weighted by atomic mass is 16.6. The predicted molar refractivity (Wildman–Crippen MR) is 74.6 cm³/mol. The lowest BCUT2D eigenvalue weighted by atomic mass is 10.1. The molecule has 1 aromatic rings. The van der Waals surface area contributed by atoms with Gasteiger partial charge in [-0.15, -0.1) is 0 Å². The molecule has 1 saturated heterocycles. The molecule has 3 nitrogen and oxygen atoms in total. The molecule has 1 aliphatic rings. The van der Waals surface area contributed by atoms with E-state index in [1.165, 1.54) is 0 Å². The van der Waals surface area contributed by atoms with Crippen LogP contribution in [-0.2, 0) is 14.3 Å². The number of hydrogen-bond donors (Lipinski definition) is 0. The summed E-state index contributed by atoms with van der Waals surface area (Å²) in [5.41, 5.74) is 1.69. The number of carbonyl (C=O) groups is 1. The minimum atomic E-state index is -0.468. The van der Waals surface area contributed by atoms with Crippen molar-refractivity contribution in [1.82, 2.24) is 0 Å². The third-order valence-corrected chi connectivity index (χ3v) is 2.77. The molecule has 0 radical (unpaired) electrons. The molecule has 0 spiro atoms. The van der Waals surface area contributed by atoms with Crippen LogP contribution in [0.25, 0.3) is 6.08 Å². The van der Waals surface area contributed by atoms with Crippen molar-refractivity contribution in [2.75, 3.05) is 0 Å². The molecule has 2 rings (SSSR count). The normalized spacial score (nSPS) is 23.1. The summed E-state index contributed by atoms with van der Waals surface area (Å²) in [4.78, 5) is 11.8. The summed E-state index contributed by atoms with van der Waals surface area (Å²) in [5, 5.41) is 0. The summed E-state index contributed by atoms with van der Waals surface area (Å²) in [6, 6.07) is 9.99. The number of esters is 1. The summed E-state index contributed by atoms with van der Waals surface area (Å²) in [6.07, 6.45) is 1.45. The first-order chi connectivity index (χ1) is 8.87. The number of benzene rings is 1. The highest BCUT2D eigenvalue weighted by molar-refractivity contribution is 5.80. The Morgan fingerprint density at radius 3 is 2.42 bits per heavy atom. The second-order valence-corrected chi connectivity index (χ2v) is 5.81. The number of ether oxygens (including phenoxy) is 2. The summed E-state index contributed by atoms with van der Waals surface area (Å²) >= 11 is 0. The van der Waals surface area contributed by atoms with Gasteiger partial charge in [0.15, 0.2) is 6.10 Å². The van der Waals surface area contributed by atoms with Gasteiger partial charge in [0, 0.05) is 0 Å². The highest BCUT2D eigenvalue weighted by Gasteiger charge is 2.48. The first-order valence-electron chi connectivity index (χ1n) is 6.48. The molecule has 1 aromatic carbocycles. The maximum absolute atomic E-state index is 11.8. The van der Waals surface area contributed by atoms with Crippen LogP contribution in [0.3, 0.4) is 0 Å². The van der Waals surface area contributed by atoms with Crippen LogP contribution >= 0.6 is 0 Å². The Morgan fingerprint density at radius 2 is 1.84 bits per heavy atom. The fourth-order valence-corrected chi connectivity index (χ4v) is 1.89. The molecule has 0 aromatic heterocycles. The van der Waals surface area contributed by atoms with Crippen LogP contribution in [0.5, 0.6) is 0 Å². The van der Waals surface area contributed by atoms with Crippen molar-refractivity contribution in [1.29, 1.82) is 0 Å². The van der Waals surface area contributed by atoms with Crippen molar-refractivity contribution in [2.24, 2.45) is 0 Å². The Morgan fingerprint density at radius 1 is 1.21 bits per heavy atom. The Bertz CT molecular complexity index is 482. The van der Waals surface area contributed by atoms with Gasteiger partial charge in [0.2, 0.25) is 0 Å². The van der Waals surface area contributed by atoms with Crippen LogP contribution in [0.4, 0.5) is 0 Å². The fourth-order valence-electron chi connectivity index (χ4n) is 1.89. The van der Waals surface area contributed by atoms with Crippen LogP contribution in [0.1, 0.15) is 33.3 Å². The summed E-state index contributed by atoms with van der Waals surface area (Å²) < 4.78 is 10.7. The van der Waals surface area contributed by atoms with Gasteiger partial charge in [0.05, 0.1) is 0 Å². The zero-order valence-corrected chi connectivity index (χ0v) is 11.8. The van der Waals surface area contributed by atoms with Crippen molar-refractivity contribution in [3.63, 3.8) is 0 Å². The van der Waals surface area contributed by atoms with E-state index in [0.717, 1.165) is 11.1 Å². The van der Waals surface area contributed by atoms with Gasteiger partial charge < -0.3 is 9.47 Å². The standard InChI is InChI=1S/C16H20O3/c1-11(10-12-8-6-5-7-9-12)13-14(18-13)15(17)19-16(2,3)4/h5-10,13-14H,1-4H3/b11-10+/t13-,14+/m1/s1. The summed E-state index contributed by atoms with van der Waals surface area (Å²) in [7, 11) is 0. The second-order valence-electron chi connectivity index (χ2n) is 5.81. The summed E-state index contributed by atoms with van der Waals surface area (Å²) in [5.74, 6) is -0.279. The summed E-state index contributed by atoms with van der Waals surface area (Å²) in [6.45, 7) is 7.54. The molecule has 0 saturated carbocycles. The van der Waals surface area contributed by atoms with Crippen LogP contribution in [0.15, 0.2) is 35.9 Å². The number of epoxide rings is 1. The van der Waals surface area contributed by atoms with Crippen molar-refractivity contribution in [3.05, 3.63) is 41.5 Å². The minimum Gasteiger partial charge on any atom is -0.458 e. The smallest absolute Gasteiger partial charge is 0.338 e. The van der Waals surface area contributed by atoms with E-state index >= 15 is 0 Å². The van der Waals surface area contributed by atoms with Crippen LogP contribution in [0, 0.1) is 0 Å². The van der Waals surface area contributed by atoms with Gasteiger partial charge in [-0.1, -0.05) is 36.4 Å². The molecule has 0 N–H and O–H groups in total. The molecule has 3 heteroatoms. The molecular weight excluding hydrogens is 240 g/mol. The lowest BCUT2D eigenvalue weighted by molar-refractivity contribution is -0.156. The predicted octanol–water partition coefficient (Wildman–Crippen LogP) is 3.20. The van der Waals surface area contributed by atoms with Crippen LogP contribution in [-0.4, -0.2) is 23.8 Å². The van der Waals surface area contributed by atoms with E-state index in [2.05, 4.69) is 0 Å². The average molecular weight is 260 g/mol. The molecule has 2 atom stereocenters. The van der Waals surface area contributed by atoms with E-state index in [4.69, 9.17) is 9.47 Å². The number of rotatable bonds is 3. The maximum atomic E-state index is 11.8. The lowest BCUT2D eigenvalue weighted by Crippen LogP contribution is -2.27. The van der Waals surface area contributed by atoms with Crippen molar-refractivity contribution in [3.8, 4) is 0 Å². The quantitative estimate of drug-likeness (QED) is 0.619. The highest BCUT2D eigenvalue weighted by Crippen LogP contribution is 2.32. The minimum absolute atomic E-state index is 0.143. The topological polar surface area (TPSA) is 38.8 Å². The van der Waals surface area contributed by atoms with Gasteiger partial charge in [-0.3, -0.25) is 0 Å². The molecular formula is C16H20O3. The Balaban J connectivity index is 1.96. The molecule has 19 heavy (non-hydrogen) atoms. The second kappa shape index (κ2) is 5.17. The Kier molecular flexibility index (Phi) is 3.76. The molecule has 1 heterocycles. The molecule has 102 valence electrons. The third-order valence-electron chi connectivity index (χ3n) is 2.77. The van der Waals surface area contributed by atoms with Crippen LogP contribution in [0.2, 0.25) is 0 Å². The fraction of sp³-hybridized carbons (Fsp3) is 0.438. The molecule has 0 bridgehead atoms. The van der Waals surface area contributed by atoms with E-state index in [-0.39, 0.29) is 12.1 Å². The first kappa shape index (κ1) is 13.8. The zero-order valence-electron chi connectivity index (χ0n) is 11.8. The Hall–Kier alpha value is -1.61. The number of hydrogen-bond acceptors (Lipinski definition) is 3. The van der Waals surface area contributed by atoms with E-state index < -0.39 is 11.7 Å². The van der Waals surface area contributed by atoms with Crippen molar-refractivity contribution in [2.45, 2.75) is 45.5 Å². The van der Waals surface area contributed by atoms with Gasteiger partial charge in [-0.25, -0.2) is 4.79 Å². The van der Waals surface area contributed by atoms with Crippen molar-refractivity contribution < 1.29 is 14.3 Å². The van der Waals surface area contributed by atoms with E-state index in [1.807, 2.05) is 64.1 Å². The zero-order chi connectivity index (χ0) is 14.0. The van der Waals surface area contributed by atoms with Gasteiger partial charge in [0.25, 0.3) is 0 Å². The van der Waals surface area contributed by atoms with Gasteiger partial charge in [-0.05, 0) is 38.8 Å². The van der Waals surface area contributed by atoms with Gasteiger partial charge >= 0.3 is 5.97 Å². The average Bonchev–Trinajstić information content (AvgIpc) is 3.08. The maximum Gasteiger partial charge on any atom is 0.338 e. The number of carbonyl (C=O) groups excluding carboxylic acids is 1. The van der Waals surface area contributed by atoms with Crippen LogP contribution < -0.4 is 0 Å². The SMILES string of the molecule is C/C(=C\c1ccccc1)[C@H]1O[C@@H]1C(=O)OC(C)(C)C. The van der Waals surface area contributed by atoms with Crippen molar-refractivity contribution >= 4 is 12.0 Å². The molecule has 1 aliphatic heterocycles. The van der Waals surface area contributed by atoms with E-state index in [1.54, 1.807) is 0 Å². The Labute approximate surface area is 114 Å². The molecule has 0 aliphatic carbocycles. The molecule has 0 amide bonds. The monoisotopic (exact) mass is 260 g/mol. The molecule has 1 fully saturated rings. The van der Waals surface area contributed by atoms with E-state index in [0.29, 0.717) is 0 Å². The third kappa shape index (κ3) is 3.93. The van der Waals surface area contributed by atoms with E-state index in [9.17, 15) is 4.79 Å². The van der Waals surface area contributed by atoms with Gasteiger partial charge in [-0.2, -0.15) is 0 Å². The largest absolute Gasteiger partial charge is 0.458 e. The lowest BCUT2D eigenvalue weighted by Gasteiger charge is -2.18. The van der Waals surface area contributed by atoms with Gasteiger partial charge in [0.1, 0.15) is 11.7 Å². The molecule has 0 unspecified atom stereocenters.